The number of aromatic nitrogens is 1. The molecule has 0 saturated heterocycles. The molecule has 0 aliphatic carbocycles. The Morgan fingerprint density at radius 3 is 3.23 bits per heavy atom. The number of pyridine rings is 1. The molecule has 13 heavy (non-hydrogen) atoms. The highest BCUT2D eigenvalue weighted by molar-refractivity contribution is 5.55. The molecule has 0 bridgehead atoms. The van der Waals surface area contributed by atoms with Crippen molar-refractivity contribution in [2.24, 2.45) is 0 Å². The summed E-state index contributed by atoms with van der Waals surface area (Å²) >= 11 is 0. The van der Waals surface area contributed by atoms with E-state index in [4.69, 9.17) is 0 Å². The van der Waals surface area contributed by atoms with Gasteiger partial charge in [-0.25, -0.2) is 4.98 Å². The van der Waals surface area contributed by atoms with Crippen LogP contribution in [0, 0.1) is 0 Å². The summed E-state index contributed by atoms with van der Waals surface area (Å²) in [6.45, 7) is 4.86. The van der Waals surface area contributed by atoms with Gasteiger partial charge in [0.1, 0.15) is 5.82 Å². The fourth-order valence-corrected chi connectivity index (χ4v) is 1.77. The van der Waals surface area contributed by atoms with Crippen LogP contribution in [-0.2, 0) is 6.42 Å². The topological polar surface area (TPSA) is 16.1 Å². The van der Waals surface area contributed by atoms with Crippen molar-refractivity contribution >= 4 is 11.9 Å². The Hall–Kier alpha value is -1.31. The normalized spacial score (nSPS) is 15.3. The molecule has 1 aliphatic heterocycles. The molecule has 0 amide bonds. The summed E-state index contributed by atoms with van der Waals surface area (Å²) in [6, 6.07) is 2.19. The van der Waals surface area contributed by atoms with Crippen LogP contribution < -0.4 is 4.90 Å². The molecule has 0 spiro atoms. The highest BCUT2D eigenvalue weighted by atomic mass is 15.2. The summed E-state index contributed by atoms with van der Waals surface area (Å²) in [7, 11) is 2.10. The average Bonchev–Trinajstić information content (AvgIpc) is 2.18. The summed E-state index contributed by atoms with van der Waals surface area (Å²) in [5, 5.41) is 0. The van der Waals surface area contributed by atoms with Crippen LogP contribution in [0.4, 0.5) is 5.82 Å². The van der Waals surface area contributed by atoms with Gasteiger partial charge in [-0.3, -0.25) is 0 Å². The molecule has 1 aliphatic rings. The number of nitrogens with zero attached hydrogens (tertiary/aromatic N) is 2. The Morgan fingerprint density at radius 2 is 2.46 bits per heavy atom. The second kappa shape index (κ2) is 3.21. The Kier molecular flexibility index (Phi) is 2.05. The maximum absolute atomic E-state index is 4.43. The number of aryl methyl sites for hydroxylation is 1. The van der Waals surface area contributed by atoms with Crippen LogP contribution in [0.25, 0.3) is 6.08 Å². The van der Waals surface area contributed by atoms with E-state index in [1.54, 1.807) is 0 Å². The number of rotatable bonds is 1. The molecule has 0 saturated carbocycles. The molecule has 0 radical (unpaired) electrons. The monoisotopic (exact) mass is 174 g/mol. The Bertz CT molecular complexity index is 331. The predicted molar refractivity (Wildman–Crippen MR) is 55.9 cm³/mol. The lowest BCUT2D eigenvalue weighted by molar-refractivity contribution is 0.730. The van der Waals surface area contributed by atoms with Crippen LogP contribution in [0.2, 0.25) is 0 Å². The molecule has 2 heteroatoms. The fraction of sp³-hybridized carbons (Fsp3) is 0.364. The maximum atomic E-state index is 4.43. The zero-order valence-corrected chi connectivity index (χ0v) is 7.95. The minimum absolute atomic E-state index is 1.12. The first-order chi connectivity index (χ1) is 6.31. The van der Waals surface area contributed by atoms with E-state index >= 15 is 0 Å². The SMILES string of the molecule is C=Cc1cnc2c(c1)CCCN2C. The molecule has 1 aromatic rings. The molecule has 2 heterocycles. The summed E-state index contributed by atoms with van der Waals surface area (Å²) in [5.74, 6) is 1.14. The third kappa shape index (κ3) is 1.44. The smallest absolute Gasteiger partial charge is 0.131 e. The maximum Gasteiger partial charge on any atom is 0.131 e. The van der Waals surface area contributed by atoms with Crippen molar-refractivity contribution in [3.63, 3.8) is 0 Å². The Labute approximate surface area is 78.9 Å². The van der Waals surface area contributed by atoms with Gasteiger partial charge in [0.25, 0.3) is 0 Å². The standard InChI is InChI=1S/C11H14N2/c1-3-9-7-10-5-4-6-13(2)11(10)12-8-9/h3,7-8H,1,4-6H2,2H3. The van der Waals surface area contributed by atoms with Gasteiger partial charge >= 0.3 is 0 Å². The van der Waals surface area contributed by atoms with Gasteiger partial charge < -0.3 is 4.90 Å². The van der Waals surface area contributed by atoms with E-state index in [1.807, 2.05) is 12.3 Å². The molecule has 0 aromatic carbocycles. The van der Waals surface area contributed by atoms with Gasteiger partial charge in [0.15, 0.2) is 0 Å². The second-order valence-corrected chi connectivity index (χ2v) is 3.48. The van der Waals surface area contributed by atoms with Crippen molar-refractivity contribution in [1.82, 2.24) is 4.98 Å². The third-order valence-electron chi connectivity index (χ3n) is 2.50. The molecule has 2 nitrogen and oxygen atoms in total. The van der Waals surface area contributed by atoms with Crippen LogP contribution in [0.15, 0.2) is 18.8 Å². The van der Waals surface area contributed by atoms with E-state index in [1.165, 1.54) is 12.0 Å². The van der Waals surface area contributed by atoms with Gasteiger partial charge in [0.05, 0.1) is 0 Å². The zero-order valence-electron chi connectivity index (χ0n) is 7.95. The van der Waals surface area contributed by atoms with Gasteiger partial charge in [-0.1, -0.05) is 12.7 Å². The van der Waals surface area contributed by atoms with Crippen LogP contribution in [0.1, 0.15) is 17.5 Å². The molecule has 0 fully saturated rings. The second-order valence-electron chi connectivity index (χ2n) is 3.48. The lowest BCUT2D eigenvalue weighted by Gasteiger charge is -2.26. The summed E-state index contributed by atoms with van der Waals surface area (Å²) in [6.07, 6.45) is 6.11. The first-order valence-electron chi connectivity index (χ1n) is 4.64. The van der Waals surface area contributed by atoms with Gasteiger partial charge in [0.2, 0.25) is 0 Å². The van der Waals surface area contributed by atoms with Crippen LogP contribution in [-0.4, -0.2) is 18.6 Å². The van der Waals surface area contributed by atoms with Crippen LogP contribution in [0.3, 0.4) is 0 Å². The third-order valence-corrected chi connectivity index (χ3v) is 2.50. The summed E-state index contributed by atoms with van der Waals surface area (Å²) in [4.78, 5) is 6.64. The molecular formula is C11H14N2. The van der Waals surface area contributed by atoms with E-state index in [0.29, 0.717) is 0 Å². The first kappa shape index (κ1) is 8.30. The average molecular weight is 174 g/mol. The molecule has 0 N–H and O–H groups in total. The Balaban J connectivity index is 2.45. The number of hydrogen-bond donors (Lipinski definition) is 0. The minimum Gasteiger partial charge on any atom is -0.359 e. The van der Waals surface area contributed by atoms with Crippen molar-refractivity contribution in [2.75, 3.05) is 18.5 Å². The Morgan fingerprint density at radius 1 is 1.62 bits per heavy atom. The quantitative estimate of drug-likeness (QED) is 0.648. The summed E-state index contributed by atoms with van der Waals surface area (Å²) in [5.41, 5.74) is 2.47. The van der Waals surface area contributed by atoms with E-state index < -0.39 is 0 Å². The van der Waals surface area contributed by atoms with E-state index in [9.17, 15) is 0 Å². The van der Waals surface area contributed by atoms with E-state index in [2.05, 4.69) is 29.6 Å². The summed E-state index contributed by atoms with van der Waals surface area (Å²) < 4.78 is 0. The zero-order chi connectivity index (χ0) is 9.26. The van der Waals surface area contributed by atoms with Crippen molar-refractivity contribution < 1.29 is 0 Å². The van der Waals surface area contributed by atoms with Gasteiger partial charge in [-0.2, -0.15) is 0 Å². The van der Waals surface area contributed by atoms with Crippen LogP contribution >= 0.6 is 0 Å². The number of hydrogen-bond acceptors (Lipinski definition) is 2. The van der Waals surface area contributed by atoms with Crippen LogP contribution in [0.5, 0.6) is 0 Å². The fourth-order valence-electron chi connectivity index (χ4n) is 1.77. The first-order valence-corrected chi connectivity index (χ1v) is 4.64. The molecule has 0 atom stereocenters. The van der Waals surface area contributed by atoms with E-state index in [-0.39, 0.29) is 0 Å². The van der Waals surface area contributed by atoms with E-state index in [0.717, 1.165) is 24.3 Å². The van der Waals surface area contributed by atoms with Gasteiger partial charge in [-0.15, -0.1) is 0 Å². The van der Waals surface area contributed by atoms with Gasteiger partial charge in [-0.05, 0) is 30.0 Å². The molecule has 2 rings (SSSR count). The van der Waals surface area contributed by atoms with Crippen molar-refractivity contribution in [2.45, 2.75) is 12.8 Å². The number of anilines is 1. The molecule has 0 unspecified atom stereocenters. The minimum atomic E-state index is 1.12. The highest BCUT2D eigenvalue weighted by Crippen LogP contribution is 2.24. The number of fused-ring (bicyclic) bond motifs is 1. The van der Waals surface area contributed by atoms with Crippen molar-refractivity contribution in [3.05, 3.63) is 30.0 Å². The van der Waals surface area contributed by atoms with Crippen molar-refractivity contribution in [3.8, 4) is 0 Å². The van der Waals surface area contributed by atoms with Crippen molar-refractivity contribution in [1.29, 1.82) is 0 Å². The molecule has 1 aromatic heterocycles. The lowest BCUT2D eigenvalue weighted by Crippen LogP contribution is -2.25. The predicted octanol–water partition coefficient (Wildman–Crippen LogP) is 2.11. The van der Waals surface area contributed by atoms with Gasteiger partial charge in [0, 0.05) is 19.8 Å². The molecular weight excluding hydrogens is 160 g/mol. The molecule has 68 valence electrons. The lowest BCUT2D eigenvalue weighted by atomic mass is 10.0. The highest BCUT2D eigenvalue weighted by Gasteiger charge is 2.14. The largest absolute Gasteiger partial charge is 0.359 e.